The molecule has 12 aromatic carbocycles. The zero-order valence-corrected chi connectivity index (χ0v) is 43.0. The fourth-order valence-electron chi connectivity index (χ4n) is 14.0. The molecular weight excluding hydrogens is 957 g/mol. The van der Waals surface area contributed by atoms with Gasteiger partial charge < -0.3 is 13.6 Å². The molecule has 0 bridgehead atoms. The Balaban J connectivity index is 0.833. The summed E-state index contributed by atoms with van der Waals surface area (Å²) in [5.74, 6) is 0.0598. The number of hydrogen-bond acceptors (Lipinski definition) is 1. The molecule has 0 N–H and O–H groups in total. The number of para-hydroxylation sites is 3. The molecular formula is C76H48N2O. The van der Waals surface area contributed by atoms with Crippen LogP contribution in [0.25, 0.3) is 132 Å². The van der Waals surface area contributed by atoms with E-state index in [-0.39, 0.29) is 11.8 Å². The van der Waals surface area contributed by atoms with Crippen LogP contribution in [0.5, 0.6) is 0 Å². The minimum Gasteiger partial charge on any atom is -0.456 e. The van der Waals surface area contributed by atoms with Gasteiger partial charge in [0.1, 0.15) is 11.2 Å². The lowest BCUT2D eigenvalue weighted by Crippen LogP contribution is -2.24. The average molecular weight is 1010 g/mol. The van der Waals surface area contributed by atoms with Crippen molar-refractivity contribution in [2.45, 2.75) is 5.92 Å². The second kappa shape index (κ2) is 17.1. The van der Waals surface area contributed by atoms with Crippen molar-refractivity contribution in [2.24, 2.45) is 5.92 Å². The third kappa shape index (κ3) is 6.48. The molecule has 0 saturated carbocycles. The lowest BCUT2D eigenvalue weighted by atomic mass is 9.69. The second-order valence-electron chi connectivity index (χ2n) is 21.4. The first-order chi connectivity index (χ1) is 39.2. The van der Waals surface area contributed by atoms with Gasteiger partial charge in [0, 0.05) is 66.1 Å². The number of rotatable bonds is 6. The Labute approximate surface area is 456 Å². The van der Waals surface area contributed by atoms with E-state index >= 15 is 0 Å². The number of nitrogens with zero attached hydrogens (tertiary/aromatic N) is 2. The number of allylic oxidation sites excluding steroid dienone is 5. The zero-order chi connectivity index (χ0) is 51.7. The standard InChI is InChI=1S/C76H48N2O/c1-3-20-47(21-4-1)49-39-42-69-65(44-49)52-24-15-17-36-67(52)77(69)74-59-30-11-7-26-55(59)72(56-27-8-12-31-60(56)74)51-38-41-54-63-34-19-35-64(76(63)79-71(54)46-51)73-57-28-9-13-32-61(57)75(62-33-14-10-29-58(62)73)78-68-37-18-16-25-53(68)66-45-50(40-43-70(66)78)48-22-5-2-6-23-48/h1-46,57,73H. The highest BCUT2D eigenvalue weighted by molar-refractivity contribution is 6.22. The topological polar surface area (TPSA) is 23.0 Å². The summed E-state index contributed by atoms with van der Waals surface area (Å²) in [7, 11) is 0. The Kier molecular flexibility index (Phi) is 9.54. The van der Waals surface area contributed by atoms with Crippen molar-refractivity contribution in [1.29, 1.82) is 0 Å². The predicted molar refractivity (Wildman–Crippen MR) is 331 cm³/mol. The first kappa shape index (κ1) is 44.0. The molecule has 2 aliphatic carbocycles. The third-order valence-corrected chi connectivity index (χ3v) is 17.3. The predicted octanol–water partition coefficient (Wildman–Crippen LogP) is 20.2. The van der Waals surface area contributed by atoms with E-state index in [4.69, 9.17) is 4.42 Å². The van der Waals surface area contributed by atoms with E-state index in [0.29, 0.717) is 0 Å². The molecule has 0 aliphatic heterocycles. The van der Waals surface area contributed by atoms with Gasteiger partial charge in [0.25, 0.3) is 0 Å². The van der Waals surface area contributed by atoms with Crippen LogP contribution in [0.3, 0.4) is 0 Å². The fourth-order valence-corrected chi connectivity index (χ4v) is 14.0. The van der Waals surface area contributed by atoms with E-state index in [9.17, 15) is 0 Å². The summed E-state index contributed by atoms with van der Waals surface area (Å²) in [5.41, 5.74) is 21.3. The molecule has 17 rings (SSSR count). The van der Waals surface area contributed by atoms with Crippen molar-refractivity contribution >= 4 is 92.8 Å². The van der Waals surface area contributed by atoms with Gasteiger partial charge in [-0.25, -0.2) is 0 Å². The molecule has 0 amide bonds. The fraction of sp³-hybridized carbons (Fsp3) is 0.0263. The van der Waals surface area contributed by atoms with Crippen LogP contribution >= 0.6 is 0 Å². The summed E-state index contributed by atoms with van der Waals surface area (Å²) in [6.45, 7) is 0. The molecule has 2 aliphatic rings. The molecule has 0 spiro atoms. The molecule has 3 heteroatoms. The molecule has 3 heterocycles. The lowest BCUT2D eigenvalue weighted by Gasteiger charge is -2.37. The summed E-state index contributed by atoms with van der Waals surface area (Å²) in [5, 5.41) is 12.0. The minimum atomic E-state index is 0.00358. The highest BCUT2D eigenvalue weighted by Crippen LogP contribution is 2.53. The lowest BCUT2D eigenvalue weighted by molar-refractivity contribution is 0.617. The van der Waals surface area contributed by atoms with Crippen LogP contribution in [-0.2, 0) is 0 Å². The highest BCUT2D eigenvalue weighted by Gasteiger charge is 2.38. The zero-order valence-electron chi connectivity index (χ0n) is 43.0. The van der Waals surface area contributed by atoms with E-state index in [2.05, 4.69) is 288 Å². The normalized spacial score (nSPS) is 15.2. The third-order valence-electron chi connectivity index (χ3n) is 17.3. The molecule has 15 aromatic rings. The molecule has 79 heavy (non-hydrogen) atoms. The van der Waals surface area contributed by atoms with Crippen LogP contribution in [0.1, 0.15) is 22.6 Å². The summed E-state index contributed by atoms with van der Waals surface area (Å²) < 4.78 is 12.4. The van der Waals surface area contributed by atoms with Gasteiger partial charge >= 0.3 is 0 Å². The number of hydrogen-bond donors (Lipinski definition) is 0. The quantitative estimate of drug-likeness (QED) is 0.152. The van der Waals surface area contributed by atoms with E-state index < -0.39 is 0 Å². The highest BCUT2D eigenvalue weighted by atomic mass is 16.3. The molecule has 2 unspecified atom stereocenters. The number of benzene rings is 12. The molecule has 3 nitrogen and oxygen atoms in total. The molecule has 2 atom stereocenters. The van der Waals surface area contributed by atoms with Crippen LogP contribution in [0.2, 0.25) is 0 Å². The number of aromatic nitrogens is 2. The van der Waals surface area contributed by atoms with Gasteiger partial charge in [-0.2, -0.15) is 0 Å². The molecule has 3 aromatic heterocycles. The first-order valence-electron chi connectivity index (χ1n) is 27.5. The van der Waals surface area contributed by atoms with Crippen LogP contribution in [0.4, 0.5) is 0 Å². The summed E-state index contributed by atoms with van der Waals surface area (Å²) in [6, 6.07) is 93.9. The van der Waals surface area contributed by atoms with Gasteiger partial charge in [0.05, 0.1) is 33.5 Å². The molecule has 368 valence electrons. The Morgan fingerprint density at radius 2 is 0.848 bits per heavy atom. The molecule has 0 fully saturated rings. The van der Waals surface area contributed by atoms with E-state index in [0.717, 1.165) is 27.5 Å². The summed E-state index contributed by atoms with van der Waals surface area (Å²) in [4.78, 5) is 0. The van der Waals surface area contributed by atoms with Crippen LogP contribution in [0.15, 0.2) is 289 Å². The number of fused-ring (bicyclic) bond motifs is 13. The Bertz CT molecular complexity index is 5080. The molecule has 0 saturated heterocycles. The van der Waals surface area contributed by atoms with Gasteiger partial charge in [0.15, 0.2) is 0 Å². The maximum Gasteiger partial charge on any atom is 0.139 e. The van der Waals surface area contributed by atoms with Crippen LogP contribution in [-0.4, -0.2) is 9.13 Å². The Hall–Kier alpha value is -10.2. The van der Waals surface area contributed by atoms with Gasteiger partial charge in [0.2, 0.25) is 0 Å². The first-order valence-corrected chi connectivity index (χ1v) is 27.5. The van der Waals surface area contributed by atoms with Gasteiger partial charge in [-0.1, -0.05) is 231 Å². The van der Waals surface area contributed by atoms with Crippen LogP contribution in [0, 0.1) is 5.92 Å². The maximum atomic E-state index is 7.33. The second-order valence-corrected chi connectivity index (χ2v) is 21.4. The van der Waals surface area contributed by atoms with Crippen molar-refractivity contribution in [3.05, 3.63) is 301 Å². The number of furan rings is 1. The largest absolute Gasteiger partial charge is 0.456 e. The van der Waals surface area contributed by atoms with Crippen molar-refractivity contribution in [3.8, 4) is 39.1 Å². The van der Waals surface area contributed by atoms with E-state index in [1.165, 1.54) is 127 Å². The van der Waals surface area contributed by atoms with Crippen molar-refractivity contribution < 1.29 is 4.42 Å². The molecule has 0 radical (unpaired) electrons. The summed E-state index contributed by atoms with van der Waals surface area (Å²) >= 11 is 0. The van der Waals surface area contributed by atoms with Crippen molar-refractivity contribution in [1.82, 2.24) is 9.13 Å². The van der Waals surface area contributed by atoms with E-state index in [1.807, 2.05) is 0 Å². The Morgan fingerprint density at radius 1 is 0.329 bits per heavy atom. The minimum absolute atomic E-state index is 0.00358. The van der Waals surface area contributed by atoms with Crippen LogP contribution < -0.4 is 0 Å². The van der Waals surface area contributed by atoms with E-state index in [1.54, 1.807) is 0 Å². The van der Waals surface area contributed by atoms with Gasteiger partial charge in [-0.05, 0) is 104 Å². The van der Waals surface area contributed by atoms with Gasteiger partial charge in [-0.3, -0.25) is 0 Å². The van der Waals surface area contributed by atoms with Gasteiger partial charge in [-0.15, -0.1) is 0 Å². The SMILES string of the molecule is C1=CC2=C(n3c4ccccc4c4cc(-c5ccccc5)ccc43)c3ccccc3C(c3cccc4c3oc3cc(-c5c6ccccc6c(-n6c7ccccc7c7cc(-c8ccccc8)ccc76)c6ccccc56)ccc34)C2C=C1. The maximum absolute atomic E-state index is 7.33. The monoisotopic (exact) mass is 1000 g/mol. The average Bonchev–Trinajstić information content (AvgIpc) is 4.27. The smallest absolute Gasteiger partial charge is 0.139 e. The summed E-state index contributed by atoms with van der Waals surface area (Å²) in [6.07, 6.45) is 9.22. The van der Waals surface area contributed by atoms with Crippen molar-refractivity contribution in [2.75, 3.05) is 0 Å². The Morgan fingerprint density at radius 3 is 1.52 bits per heavy atom. The van der Waals surface area contributed by atoms with Crippen molar-refractivity contribution in [3.63, 3.8) is 0 Å².